The molecule has 1 aliphatic heterocycles. The third kappa shape index (κ3) is 2.87. The van der Waals surface area contributed by atoms with Crippen molar-refractivity contribution in [3.8, 4) is 6.07 Å². The maximum atomic E-state index is 11.7. The number of carboxylic acid groups (broad SMARTS) is 1. The topological polar surface area (TPSA) is 90.6 Å². The Labute approximate surface area is 99.8 Å². The van der Waals surface area contributed by atoms with Gasteiger partial charge in [0.15, 0.2) is 5.41 Å². The van der Waals surface area contributed by atoms with Crippen LogP contribution < -0.4 is 0 Å². The highest BCUT2D eigenvalue weighted by Gasteiger charge is 2.47. The van der Waals surface area contributed by atoms with Crippen LogP contribution in [0.4, 0.5) is 4.79 Å². The molecule has 0 aromatic heterocycles. The summed E-state index contributed by atoms with van der Waals surface area (Å²) in [5, 5.41) is 17.9. The highest BCUT2D eigenvalue weighted by Crippen LogP contribution is 2.30. The Balaban J connectivity index is 2.71. The molecule has 0 radical (unpaired) electrons. The second-order valence-corrected chi connectivity index (χ2v) is 5.15. The van der Waals surface area contributed by atoms with E-state index in [1.807, 2.05) is 0 Å². The summed E-state index contributed by atoms with van der Waals surface area (Å²) in [6, 6.07) is 1.78. The number of ether oxygens (including phenoxy) is 1. The summed E-state index contributed by atoms with van der Waals surface area (Å²) < 4.78 is 5.12. The number of carboxylic acids is 1. The van der Waals surface area contributed by atoms with Crippen molar-refractivity contribution in [3.63, 3.8) is 0 Å². The van der Waals surface area contributed by atoms with E-state index in [9.17, 15) is 9.59 Å². The molecule has 0 spiro atoms. The summed E-state index contributed by atoms with van der Waals surface area (Å²) in [7, 11) is 0. The molecule has 1 N–H and O–H groups in total. The number of likely N-dealkylation sites (tertiary alicyclic amines) is 1. The van der Waals surface area contributed by atoms with Crippen molar-refractivity contribution >= 4 is 12.1 Å². The van der Waals surface area contributed by atoms with Crippen molar-refractivity contribution in [3.05, 3.63) is 0 Å². The number of carbonyl (C=O) groups excluding carboxylic acids is 1. The Bertz CT molecular complexity index is 380. The first-order valence-corrected chi connectivity index (χ1v) is 5.33. The second kappa shape index (κ2) is 4.24. The zero-order chi connectivity index (χ0) is 13.3. The second-order valence-electron chi connectivity index (χ2n) is 5.15. The highest BCUT2D eigenvalue weighted by atomic mass is 16.6. The molecule has 0 saturated carbocycles. The van der Waals surface area contributed by atoms with E-state index < -0.39 is 23.1 Å². The lowest BCUT2D eigenvalue weighted by Crippen LogP contribution is -2.38. The van der Waals surface area contributed by atoms with Gasteiger partial charge in [0.1, 0.15) is 5.60 Å². The SMILES string of the molecule is CC(C)(C)OC(=O)N1CC[C@@](C#N)(C(=O)O)C1. The molecule has 6 heteroatoms. The van der Waals surface area contributed by atoms with Gasteiger partial charge in [0.05, 0.1) is 12.6 Å². The van der Waals surface area contributed by atoms with E-state index in [1.165, 1.54) is 4.90 Å². The molecule has 1 fully saturated rings. The smallest absolute Gasteiger partial charge is 0.410 e. The quantitative estimate of drug-likeness (QED) is 0.744. The molecular formula is C11H16N2O4. The molecule has 1 saturated heterocycles. The summed E-state index contributed by atoms with van der Waals surface area (Å²) in [4.78, 5) is 24.0. The van der Waals surface area contributed by atoms with Crippen LogP contribution in [0, 0.1) is 16.7 Å². The van der Waals surface area contributed by atoms with Crippen molar-refractivity contribution in [2.45, 2.75) is 32.8 Å². The fourth-order valence-electron chi connectivity index (χ4n) is 1.61. The van der Waals surface area contributed by atoms with Crippen LogP contribution in [0.1, 0.15) is 27.2 Å². The van der Waals surface area contributed by atoms with E-state index in [1.54, 1.807) is 26.8 Å². The zero-order valence-corrected chi connectivity index (χ0v) is 10.2. The maximum absolute atomic E-state index is 11.7. The maximum Gasteiger partial charge on any atom is 0.410 e. The summed E-state index contributed by atoms with van der Waals surface area (Å²) >= 11 is 0. The molecule has 0 aromatic rings. The van der Waals surface area contributed by atoms with Gasteiger partial charge in [-0.25, -0.2) is 4.79 Å². The van der Waals surface area contributed by atoms with Crippen molar-refractivity contribution in [1.82, 2.24) is 4.90 Å². The molecule has 1 amide bonds. The number of hydrogen-bond donors (Lipinski definition) is 1. The van der Waals surface area contributed by atoms with Gasteiger partial charge in [0.25, 0.3) is 0 Å². The molecule has 6 nitrogen and oxygen atoms in total. The van der Waals surface area contributed by atoms with Gasteiger partial charge in [-0.2, -0.15) is 5.26 Å². The van der Waals surface area contributed by atoms with Gasteiger partial charge < -0.3 is 14.7 Å². The van der Waals surface area contributed by atoms with Gasteiger partial charge in [0.2, 0.25) is 0 Å². The van der Waals surface area contributed by atoms with E-state index in [4.69, 9.17) is 15.1 Å². The van der Waals surface area contributed by atoms with Crippen LogP contribution in [0.2, 0.25) is 0 Å². The number of amides is 1. The molecule has 0 unspecified atom stereocenters. The van der Waals surface area contributed by atoms with E-state index in [0.717, 1.165) is 0 Å². The highest BCUT2D eigenvalue weighted by molar-refractivity contribution is 5.80. The Kier molecular flexibility index (Phi) is 3.32. The van der Waals surface area contributed by atoms with Crippen LogP contribution in [0.5, 0.6) is 0 Å². The average molecular weight is 240 g/mol. The van der Waals surface area contributed by atoms with Crippen molar-refractivity contribution < 1.29 is 19.4 Å². The Morgan fingerprint density at radius 2 is 2.06 bits per heavy atom. The molecule has 17 heavy (non-hydrogen) atoms. The molecule has 1 heterocycles. The van der Waals surface area contributed by atoms with Gasteiger partial charge in [0, 0.05) is 6.54 Å². The fraction of sp³-hybridized carbons (Fsp3) is 0.727. The molecule has 0 aliphatic carbocycles. The predicted molar refractivity (Wildman–Crippen MR) is 58.1 cm³/mol. The number of carbonyl (C=O) groups is 2. The Hall–Kier alpha value is -1.77. The first kappa shape index (κ1) is 13.3. The lowest BCUT2D eigenvalue weighted by atomic mass is 9.89. The number of nitrogens with zero attached hydrogens (tertiary/aromatic N) is 2. The van der Waals surface area contributed by atoms with Crippen LogP contribution in [-0.2, 0) is 9.53 Å². The Morgan fingerprint density at radius 1 is 1.47 bits per heavy atom. The molecule has 0 bridgehead atoms. The van der Waals surface area contributed by atoms with Gasteiger partial charge in [-0.15, -0.1) is 0 Å². The largest absolute Gasteiger partial charge is 0.480 e. The number of nitriles is 1. The van der Waals surface area contributed by atoms with E-state index in [0.29, 0.717) is 0 Å². The summed E-state index contributed by atoms with van der Waals surface area (Å²) in [6.45, 7) is 5.31. The first-order valence-electron chi connectivity index (χ1n) is 5.33. The molecule has 1 atom stereocenters. The van der Waals surface area contributed by atoms with E-state index >= 15 is 0 Å². The fourth-order valence-corrected chi connectivity index (χ4v) is 1.61. The number of aliphatic carboxylic acids is 1. The third-order valence-electron chi connectivity index (χ3n) is 2.54. The van der Waals surface area contributed by atoms with Gasteiger partial charge >= 0.3 is 12.1 Å². The van der Waals surface area contributed by atoms with E-state index in [-0.39, 0.29) is 19.5 Å². The van der Waals surface area contributed by atoms with E-state index in [2.05, 4.69) is 0 Å². The molecule has 1 rings (SSSR count). The minimum absolute atomic E-state index is 0.117. The van der Waals surface area contributed by atoms with Crippen LogP contribution in [0.3, 0.4) is 0 Å². The van der Waals surface area contributed by atoms with Gasteiger partial charge in [-0.05, 0) is 27.2 Å². The van der Waals surface area contributed by atoms with Crippen LogP contribution >= 0.6 is 0 Å². The third-order valence-corrected chi connectivity index (χ3v) is 2.54. The van der Waals surface area contributed by atoms with Crippen LogP contribution in [-0.4, -0.2) is 40.8 Å². The normalized spacial score (nSPS) is 24.2. The van der Waals surface area contributed by atoms with Crippen molar-refractivity contribution in [2.24, 2.45) is 5.41 Å². The van der Waals surface area contributed by atoms with Gasteiger partial charge in [-0.3, -0.25) is 4.79 Å². The summed E-state index contributed by atoms with van der Waals surface area (Å²) in [5.41, 5.74) is -2.12. The average Bonchev–Trinajstić information content (AvgIpc) is 2.60. The molecule has 1 aliphatic rings. The number of rotatable bonds is 1. The minimum atomic E-state index is -1.49. The lowest BCUT2D eigenvalue weighted by molar-refractivity contribution is -0.144. The molecule has 94 valence electrons. The monoisotopic (exact) mass is 240 g/mol. The summed E-state index contributed by atoms with van der Waals surface area (Å²) in [6.07, 6.45) is -0.436. The summed E-state index contributed by atoms with van der Waals surface area (Å²) in [5.74, 6) is -1.19. The molecule has 0 aromatic carbocycles. The lowest BCUT2D eigenvalue weighted by Gasteiger charge is -2.24. The van der Waals surface area contributed by atoms with Gasteiger partial charge in [-0.1, -0.05) is 0 Å². The Morgan fingerprint density at radius 3 is 2.41 bits per heavy atom. The number of hydrogen-bond acceptors (Lipinski definition) is 4. The van der Waals surface area contributed by atoms with Crippen molar-refractivity contribution in [1.29, 1.82) is 5.26 Å². The zero-order valence-electron chi connectivity index (χ0n) is 10.2. The van der Waals surface area contributed by atoms with Crippen molar-refractivity contribution in [2.75, 3.05) is 13.1 Å². The predicted octanol–water partition coefficient (Wildman–Crippen LogP) is 1.22. The van der Waals surface area contributed by atoms with Crippen LogP contribution in [0.15, 0.2) is 0 Å². The first-order chi connectivity index (χ1) is 7.70. The minimum Gasteiger partial charge on any atom is -0.480 e. The molecular weight excluding hydrogens is 224 g/mol. The standard InChI is InChI=1S/C11H16N2O4/c1-10(2,3)17-9(16)13-5-4-11(6-12,7-13)8(14)15/h4-5,7H2,1-3H3,(H,14,15)/t11-/m0/s1. The van der Waals surface area contributed by atoms with Crippen LogP contribution in [0.25, 0.3) is 0 Å².